The fourth-order valence-corrected chi connectivity index (χ4v) is 2.02. The third kappa shape index (κ3) is 2.43. The van der Waals surface area contributed by atoms with Crippen LogP contribution in [-0.2, 0) is 6.42 Å². The third-order valence-electron chi connectivity index (χ3n) is 2.67. The predicted octanol–water partition coefficient (Wildman–Crippen LogP) is 4.32. The second-order valence-electron chi connectivity index (χ2n) is 3.76. The number of hydrogen-bond donors (Lipinski definition) is 0. The normalized spacial score (nSPS) is 10.6. The Morgan fingerprint density at radius 2 is 1.65 bits per heavy atom. The summed E-state index contributed by atoms with van der Waals surface area (Å²) in [5, 5.41) is 0.816. The van der Waals surface area contributed by atoms with E-state index in [1.54, 1.807) is 6.92 Å². The van der Waals surface area contributed by atoms with Crippen molar-refractivity contribution in [2.24, 2.45) is 0 Å². The lowest BCUT2D eigenvalue weighted by molar-refractivity contribution is 1.10. The second kappa shape index (κ2) is 5.03. The number of halogens is 2. The van der Waals surface area contributed by atoms with Gasteiger partial charge in [0.25, 0.3) is 0 Å². The summed E-state index contributed by atoms with van der Waals surface area (Å²) in [6, 6.07) is 8.00. The molecule has 88 valence electrons. The van der Waals surface area contributed by atoms with Crippen molar-refractivity contribution in [3.8, 4) is 11.4 Å². The third-order valence-corrected chi connectivity index (χ3v) is 3.40. The molecule has 1 aromatic heterocycles. The van der Waals surface area contributed by atoms with Gasteiger partial charge in [-0.05, 0) is 18.9 Å². The molecule has 1 heterocycles. The van der Waals surface area contributed by atoms with Gasteiger partial charge in [0.2, 0.25) is 0 Å². The van der Waals surface area contributed by atoms with Gasteiger partial charge in [-0.2, -0.15) is 0 Å². The summed E-state index contributed by atoms with van der Waals surface area (Å²) in [4.78, 5) is 8.56. The molecule has 0 saturated heterocycles. The molecule has 1 aromatic carbocycles. The average Bonchev–Trinajstić information content (AvgIpc) is 2.35. The molecule has 0 aliphatic heterocycles. The van der Waals surface area contributed by atoms with Crippen molar-refractivity contribution < 1.29 is 0 Å². The Hall–Kier alpha value is -1.12. The summed E-state index contributed by atoms with van der Waals surface area (Å²) in [6.45, 7) is 3.90. The van der Waals surface area contributed by atoms with Crippen molar-refractivity contribution in [2.45, 2.75) is 20.3 Å². The Morgan fingerprint density at radius 3 is 2.24 bits per heavy atom. The molecule has 0 amide bonds. The fraction of sp³-hybridized carbons (Fsp3) is 0.231. The molecule has 0 bridgehead atoms. The molecule has 0 aliphatic carbocycles. The van der Waals surface area contributed by atoms with E-state index >= 15 is 0 Å². The van der Waals surface area contributed by atoms with Crippen LogP contribution < -0.4 is 0 Å². The van der Waals surface area contributed by atoms with E-state index in [0.29, 0.717) is 21.7 Å². The van der Waals surface area contributed by atoms with Crippen molar-refractivity contribution in [1.29, 1.82) is 0 Å². The zero-order valence-electron chi connectivity index (χ0n) is 9.67. The first-order valence-corrected chi connectivity index (χ1v) is 6.17. The van der Waals surface area contributed by atoms with Crippen LogP contribution in [0.1, 0.15) is 18.1 Å². The highest BCUT2D eigenvalue weighted by molar-refractivity contribution is 6.34. The van der Waals surface area contributed by atoms with Gasteiger partial charge >= 0.3 is 0 Å². The summed E-state index contributed by atoms with van der Waals surface area (Å²) in [6.07, 6.45) is 0.919. The molecule has 2 rings (SSSR count). The van der Waals surface area contributed by atoms with Crippen molar-refractivity contribution in [1.82, 2.24) is 9.97 Å². The fourth-order valence-electron chi connectivity index (χ4n) is 1.63. The largest absolute Gasteiger partial charge is 0.216 e. The van der Waals surface area contributed by atoms with Crippen molar-refractivity contribution in [3.63, 3.8) is 0 Å². The standard InChI is InChI=1S/C13H12Cl2N2/c1-3-9-6-4-5-7-10(9)13-16-11(14)8(2)12(15)17-13/h4-7H,3H2,1-2H3. The van der Waals surface area contributed by atoms with E-state index in [-0.39, 0.29) is 0 Å². The van der Waals surface area contributed by atoms with E-state index in [1.807, 2.05) is 18.2 Å². The van der Waals surface area contributed by atoms with Crippen molar-refractivity contribution >= 4 is 23.2 Å². The van der Waals surface area contributed by atoms with Gasteiger partial charge in [0, 0.05) is 11.1 Å². The molecule has 4 heteroatoms. The molecular weight excluding hydrogens is 255 g/mol. The van der Waals surface area contributed by atoms with Crippen molar-refractivity contribution in [3.05, 3.63) is 45.7 Å². The van der Waals surface area contributed by atoms with Crippen LogP contribution in [0.25, 0.3) is 11.4 Å². The van der Waals surface area contributed by atoms with Gasteiger partial charge in [-0.15, -0.1) is 0 Å². The summed E-state index contributed by atoms with van der Waals surface area (Å²) >= 11 is 12.1. The van der Waals surface area contributed by atoms with Crippen LogP contribution in [0, 0.1) is 6.92 Å². The summed E-state index contributed by atoms with van der Waals surface area (Å²) < 4.78 is 0. The maximum absolute atomic E-state index is 6.03. The number of nitrogens with zero attached hydrogens (tertiary/aromatic N) is 2. The SMILES string of the molecule is CCc1ccccc1-c1nc(Cl)c(C)c(Cl)n1. The molecule has 0 saturated carbocycles. The number of hydrogen-bond acceptors (Lipinski definition) is 2. The van der Waals surface area contributed by atoms with Gasteiger partial charge in [0.15, 0.2) is 5.82 Å². The summed E-state index contributed by atoms with van der Waals surface area (Å²) in [7, 11) is 0. The first-order chi connectivity index (χ1) is 8.13. The van der Waals surface area contributed by atoms with E-state index in [4.69, 9.17) is 23.2 Å². The number of aromatic nitrogens is 2. The van der Waals surface area contributed by atoms with Crippen LogP contribution in [-0.4, -0.2) is 9.97 Å². The lowest BCUT2D eigenvalue weighted by Gasteiger charge is -2.08. The van der Waals surface area contributed by atoms with Gasteiger partial charge in [-0.3, -0.25) is 0 Å². The molecule has 0 unspecified atom stereocenters. The minimum absolute atomic E-state index is 0.408. The number of aryl methyl sites for hydroxylation is 1. The Balaban J connectivity index is 2.61. The topological polar surface area (TPSA) is 25.8 Å². The lowest BCUT2D eigenvalue weighted by Crippen LogP contribution is -1.96. The summed E-state index contributed by atoms with van der Waals surface area (Å²) in [5.41, 5.74) is 2.88. The molecule has 0 N–H and O–H groups in total. The van der Waals surface area contributed by atoms with Gasteiger partial charge in [0.1, 0.15) is 10.3 Å². The van der Waals surface area contributed by atoms with Crippen LogP contribution in [0.15, 0.2) is 24.3 Å². The molecule has 2 aromatic rings. The Kier molecular flexibility index (Phi) is 3.65. The van der Waals surface area contributed by atoms with E-state index < -0.39 is 0 Å². The van der Waals surface area contributed by atoms with E-state index in [0.717, 1.165) is 12.0 Å². The molecule has 0 aliphatic rings. The van der Waals surface area contributed by atoms with Crippen LogP contribution >= 0.6 is 23.2 Å². The Morgan fingerprint density at radius 1 is 1.06 bits per heavy atom. The lowest BCUT2D eigenvalue weighted by atomic mass is 10.0. The highest BCUT2D eigenvalue weighted by Gasteiger charge is 2.11. The smallest absolute Gasteiger partial charge is 0.162 e. The second-order valence-corrected chi connectivity index (χ2v) is 4.48. The van der Waals surface area contributed by atoms with Gasteiger partial charge in [0.05, 0.1) is 0 Å². The highest BCUT2D eigenvalue weighted by atomic mass is 35.5. The van der Waals surface area contributed by atoms with Crippen LogP contribution in [0.2, 0.25) is 10.3 Å². The van der Waals surface area contributed by atoms with Crippen LogP contribution in [0.4, 0.5) is 0 Å². The van der Waals surface area contributed by atoms with Crippen molar-refractivity contribution in [2.75, 3.05) is 0 Å². The minimum Gasteiger partial charge on any atom is -0.216 e. The molecule has 0 radical (unpaired) electrons. The summed E-state index contributed by atoms with van der Waals surface area (Å²) in [5.74, 6) is 0.586. The Bertz CT molecular complexity index is 530. The van der Waals surface area contributed by atoms with E-state index in [2.05, 4.69) is 23.0 Å². The molecule has 17 heavy (non-hydrogen) atoms. The molecule has 0 fully saturated rings. The molecule has 0 spiro atoms. The maximum Gasteiger partial charge on any atom is 0.162 e. The van der Waals surface area contributed by atoms with Gasteiger partial charge < -0.3 is 0 Å². The average molecular weight is 267 g/mol. The number of benzene rings is 1. The van der Waals surface area contributed by atoms with E-state index in [1.165, 1.54) is 5.56 Å². The predicted molar refractivity (Wildman–Crippen MR) is 71.6 cm³/mol. The Labute approximate surface area is 111 Å². The van der Waals surface area contributed by atoms with E-state index in [9.17, 15) is 0 Å². The van der Waals surface area contributed by atoms with Crippen LogP contribution in [0.3, 0.4) is 0 Å². The zero-order chi connectivity index (χ0) is 12.4. The highest BCUT2D eigenvalue weighted by Crippen LogP contribution is 2.26. The quantitative estimate of drug-likeness (QED) is 0.757. The van der Waals surface area contributed by atoms with Crippen LogP contribution in [0.5, 0.6) is 0 Å². The minimum atomic E-state index is 0.408. The van der Waals surface area contributed by atoms with Gasteiger partial charge in [-0.25, -0.2) is 9.97 Å². The maximum atomic E-state index is 6.03. The monoisotopic (exact) mass is 266 g/mol. The first-order valence-electron chi connectivity index (χ1n) is 5.41. The molecule has 2 nitrogen and oxygen atoms in total. The zero-order valence-corrected chi connectivity index (χ0v) is 11.2. The number of rotatable bonds is 2. The van der Waals surface area contributed by atoms with Gasteiger partial charge in [-0.1, -0.05) is 54.4 Å². The molecule has 0 atom stereocenters. The molecular formula is C13H12Cl2N2. The first kappa shape index (κ1) is 12.3.